The summed E-state index contributed by atoms with van der Waals surface area (Å²) in [6.45, 7) is 5.32. The van der Waals surface area contributed by atoms with Crippen LogP contribution < -0.4 is 5.32 Å². The van der Waals surface area contributed by atoms with Gasteiger partial charge in [0.15, 0.2) is 0 Å². The maximum Gasteiger partial charge on any atom is 0.0794 e. The van der Waals surface area contributed by atoms with Crippen LogP contribution in [0.4, 0.5) is 0 Å². The molecule has 1 heterocycles. The second kappa shape index (κ2) is 5.94. The number of nitrogens with one attached hydrogen (secondary N) is 1. The molecule has 0 amide bonds. The van der Waals surface area contributed by atoms with Crippen LogP contribution in [0.5, 0.6) is 0 Å². The van der Waals surface area contributed by atoms with Gasteiger partial charge in [-0.15, -0.1) is 11.3 Å². The average molecular weight is 246 g/mol. The molecule has 3 heteroatoms. The van der Waals surface area contributed by atoms with E-state index in [-0.39, 0.29) is 0 Å². The first-order valence-corrected chi connectivity index (χ1v) is 6.81. The second-order valence-corrected chi connectivity index (χ2v) is 5.24. The molecule has 0 bridgehead atoms. The van der Waals surface area contributed by atoms with E-state index in [1.165, 1.54) is 16.0 Å². The molecule has 1 N–H and O–H groups in total. The number of aryl methyl sites for hydroxylation is 1. The highest BCUT2D eigenvalue weighted by Gasteiger charge is 2.05. The molecule has 0 saturated carbocycles. The van der Waals surface area contributed by atoms with E-state index in [9.17, 15) is 0 Å². The van der Waals surface area contributed by atoms with Gasteiger partial charge in [0.2, 0.25) is 0 Å². The molecule has 0 aliphatic heterocycles. The molecule has 0 aliphatic rings. The van der Waals surface area contributed by atoms with Crippen LogP contribution in [0.15, 0.2) is 36.0 Å². The largest absolute Gasteiger partial charge is 0.309 e. The van der Waals surface area contributed by atoms with Gasteiger partial charge in [0.25, 0.3) is 0 Å². The van der Waals surface area contributed by atoms with Crippen LogP contribution in [-0.2, 0) is 6.42 Å². The highest BCUT2D eigenvalue weighted by atomic mass is 32.1. The van der Waals surface area contributed by atoms with Crippen LogP contribution >= 0.6 is 11.3 Å². The van der Waals surface area contributed by atoms with Crippen molar-refractivity contribution >= 4 is 11.3 Å². The first kappa shape index (κ1) is 12.3. The van der Waals surface area contributed by atoms with Gasteiger partial charge in [-0.2, -0.15) is 0 Å². The third kappa shape index (κ3) is 3.65. The fourth-order valence-electron chi connectivity index (χ4n) is 1.84. The minimum Gasteiger partial charge on any atom is -0.309 e. The van der Waals surface area contributed by atoms with Gasteiger partial charge in [-0.05, 0) is 32.4 Å². The summed E-state index contributed by atoms with van der Waals surface area (Å²) < 4.78 is 0. The molecule has 0 saturated heterocycles. The average Bonchev–Trinajstić information content (AvgIpc) is 2.82. The Labute approximate surface area is 107 Å². The van der Waals surface area contributed by atoms with Crippen LogP contribution in [0.1, 0.15) is 29.0 Å². The fourth-order valence-corrected chi connectivity index (χ4v) is 2.49. The Kier molecular flexibility index (Phi) is 4.29. The smallest absolute Gasteiger partial charge is 0.0794 e. The molecule has 0 fully saturated rings. The Balaban J connectivity index is 1.80. The van der Waals surface area contributed by atoms with Gasteiger partial charge in [-0.25, -0.2) is 0 Å². The van der Waals surface area contributed by atoms with E-state index in [1.54, 1.807) is 11.3 Å². The summed E-state index contributed by atoms with van der Waals surface area (Å²) in [6.07, 6.45) is 3.01. The lowest BCUT2D eigenvalue weighted by Gasteiger charge is -2.11. The normalized spacial score (nSPS) is 12.6. The zero-order chi connectivity index (χ0) is 12.1. The molecule has 1 aromatic carbocycles. The molecule has 90 valence electrons. The zero-order valence-corrected chi connectivity index (χ0v) is 11.1. The third-order valence-electron chi connectivity index (χ3n) is 2.82. The molecule has 2 nitrogen and oxygen atoms in total. The first-order valence-electron chi connectivity index (χ1n) is 5.93. The molecule has 1 aromatic heterocycles. The van der Waals surface area contributed by atoms with Gasteiger partial charge in [0.05, 0.1) is 5.51 Å². The Morgan fingerprint density at radius 1 is 1.41 bits per heavy atom. The minimum atomic E-state index is 0.396. The van der Waals surface area contributed by atoms with Gasteiger partial charge in [-0.1, -0.05) is 29.8 Å². The molecule has 0 spiro atoms. The highest BCUT2D eigenvalue weighted by molar-refractivity contribution is 7.09. The number of hydrogen-bond donors (Lipinski definition) is 1. The van der Waals surface area contributed by atoms with Crippen molar-refractivity contribution in [3.63, 3.8) is 0 Å². The van der Waals surface area contributed by atoms with E-state index in [0.29, 0.717) is 6.04 Å². The Hall–Kier alpha value is -1.19. The van der Waals surface area contributed by atoms with E-state index in [4.69, 9.17) is 0 Å². The van der Waals surface area contributed by atoms with E-state index in [1.807, 2.05) is 11.7 Å². The summed E-state index contributed by atoms with van der Waals surface area (Å²) in [6, 6.07) is 9.09. The van der Waals surface area contributed by atoms with Crippen LogP contribution in [0.25, 0.3) is 0 Å². The maximum atomic E-state index is 4.10. The fraction of sp³-hybridized carbons (Fsp3) is 0.357. The van der Waals surface area contributed by atoms with Crippen LogP contribution in [0.3, 0.4) is 0 Å². The summed E-state index contributed by atoms with van der Waals surface area (Å²) in [7, 11) is 0. The number of benzene rings is 1. The van der Waals surface area contributed by atoms with Gasteiger partial charge >= 0.3 is 0 Å². The lowest BCUT2D eigenvalue weighted by Crippen LogP contribution is -2.20. The first-order chi connectivity index (χ1) is 8.25. The van der Waals surface area contributed by atoms with Crippen LogP contribution in [-0.4, -0.2) is 11.5 Å². The van der Waals surface area contributed by atoms with E-state index < -0.39 is 0 Å². The van der Waals surface area contributed by atoms with Crippen molar-refractivity contribution in [2.45, 2.75) is 26.3 Å². The summed E-state index contributed by atoms with van der Waals surface area (Å²) in [5.74, 6) is 0. The molecule has 17 heavy (non-hydrogen) atoms. The number of nitrogens with zero attached hydrogens (tertiary/aromatic N) is 1. The lowest BCUT2D eigenvalue weighted by molar-refractivity contribution is 0.584. The molecule has 0 radical (unpaired) electrons. The van der Waals surface area contributed by atoms with Crippen molar-refractivity contribution < 1.29 is 0 Å². The summed E-state index contributed by atoms with van der Waals surface area (Å²) in [4.78, 5) is 5.40. The predicted molar refractivity (Wildman–Crippen MR) is 73.4 cm³/mol. The van der Waals surface area contributed by atoms with E-state index >= 15 is 0 Å². The Morgan fingerprint density at radius 3 is 3.00 bits per heavy atom. The summed E-state index contributed by atoms with van der Waals surface area (Å²) >= 11 is 1.71. The van der Waals surface area contributed by atoms with Crippen LogP contribution in [0, 0.1) is 6.92 Å². The SMILES string of the molecule is Cc1cccc(CCNC(C)c2cncs2)c1. The van der Waals surface area contributed by atoms with Crippen molar-refractivity contribution in [1.29, 1.82) is 0 Å². The van der Waals surface area contributed by atoms with Crippen molar-refractivity contribution in [3.05, 3.63) is 52.0 Å². The van der Waals surface area contributed by atoms with Gasteiger partial charge < -0.3 is 5.32 Å². The topological polar surface area (TPSA) is 24.9 Å². The number of rotatable bonds is 5. The monoisotopic (exact) mass is 246 g/mol. The quantitative estimate of drug-likeness (QED) is 0.875. The van der Waals surface area contributed by atoms with Crippen molar-refractivity contribution in [1.82, 2.24) is 10.3 Å². The number of thiazole rings is 1. The molecule has 1 atom stereocenters. The molecule has 2 aromatic rings. The maximum absolute atomic E-state index is 4.10. The Bertz CT molecular complexity index is 451. The second-order valence-electron chi connectivity index (χ2n) is 4.32. The molecular weight excluding hydrogens is 228 g/mol. The van der Waals surface area contributed by atoms with E-state index in [2.05, 4.69) is 48.4 Å². The van der Waals surface area contributed by atoms with Gasteiger partial charge in [0, 0.05) is 17.1 Å². The zero-order valence-electron chi connectivity index (χ0n) is 10.3. The summed E-state index contributed by atoms with van der Waals surface area (Å²) in [5.41, 5.74) is 4.61. The summed E-state index contributed by atoms with van der Waals surface area (Å²) in [5, 5.41) is 3.52. The lowest BCUT2D eigenvalue weighted by atomic mass is 10.1. The van der Waals surface area contributed by atoms with Gasteiger partial charge in [-0.3, -0.25) is 4.98 Å². The third-order valence-corrected chi connectivity index (χ3v) is 3.78. The van der Waals surface area contributed by atoms with Crippen molar-refractivity contribution in [2.75, 3.05) is 6.54 Å². The van der Waals surface area contributed by atoms with E-state index in [0.717, 1.165) is 13.0 Å². The Morgan fingerprint density at radius 2 is 2.29 bits per heavy atom. The number of aromatic nitrogens is 1. The highest BCUT2D eigenvalue weighted by Crippen LogP contribution is 2.16. The van der Waals surface area contributed by atoms with Crippen molar-refractivity contribution in [2.24, 2.45) is 0 Å². The van der Waals surface area contributed by atoms with Gasteiger partial charge in [0.1, 0.15) is 0 Å². The molecule has 1 unspecified atom stereocenters. The standard InChI is InChI=1S/C14H18N2S/c1-11-4-3-5-13(8-11)6-7-16-12(2)14-9-15-10-17-14/h3-5,8-10,12,16H,6-7H2,1-2H3. The molecule has 0 aliphatic carbocycles. The van der Waals surface area contributed by atoms with Crippen LogP contribution in [0.2, 0.25) is 0 Å². The number of hydrogen-bond acceptors (Lipinski definition) is 3. The van der Waals surface area contributed by atoms with Crippen molar-refractivity contribution in [3.8, 4) is 0 Å². The minimum absolute atomic E-state index is 0.396. The molecule has 2 rings (SSSR count). The molecular formula is C14H18N2S. The predicted octanol–water partition coefficient (Wildman–Crippen LogP) is 3.34.